The van der Waals surface area contributed by atoms with E-state index in [0.29, 0.717) is 24.3 Å². The summed E-state index contributed by atoms with van der Waals surface area (Å²) in [6.07, 6.45) is 3.81. The van der Waals surface area contributed by atoms with Gasteiger partial charge < -0.3 is 15.0 Å². The molecule has 0 spiro atoms. The molecule has 2 amide bonds. The number of carbonyl (C=O) groups excluding carboxylic acids is 2. The van der Waals surface area contributed by atoms with E-state index in [0.717, 1.165) is 39.3 Å². The lowest BCUT2D eigenvalue weighted by molar-refractivity contribution is 0.0600. The molecule has 0 unspecified atom stereocenters. The van der Waals surface area contributed by atoms with Crippen molar-refractivity contribution in [1.29, 1.82) is 0 Å². The van der Waals surface area contributed by atoms with Crippen molar-refractivity contribution in [2.24, 2.45) is 0 Å². The number of anilines is 1. The number of nitrogens with one attached hydrogen (secondary N) is 1. The maximum absolute atomic E-state index is 12.5. The van der Waals surface area contributed by atoms with Crippen LogP contribution in [0.15, 0.2) is 49.6 Å². The van der Waals surface area contributed by atoms with Gasteiger partial charge in [0, 0.05) is 58.0 Å². The van der Waals surface area contributed by atoms with Crippen LogP contribution >= 0.6 is 0 Å². The Morgan fingerprint density at radius 2 is 1.86 bits per heavy atom. The summed E-state index contributed by atoms with van der Waals surface area (Å²) in [4.78, 5) is 30.6. The smallest absolute Gasteiger partial charge is 0.337 e. The number of benzene rings is 1. The molecule has 2 rings (SSSR count). The van der Waals surface area contributed by atoms with Crippen LogP contribution < -0.4 is 5.32 Å². The summed E-state index contributed by atoms with van der Waals surface area (Å²) in [5.41, 5.74) is 0.994. The number of hydrogen-bond donors (Lipinski definition) is 1. The molecule has 7 heteroatoms. The molecule has 0 atom stereocenters. The molecule has 1 aliphatic rings. The van der Waals surface area contributed by atoms with Crippen molar-refractivity contribution in [1.82, 2.24) is 14.7 Å². The minimum atomic E-state index is -0.424. The van der Waals surface area contributed by atoms with Crippen molar-refractivity contribution in [2.75, 3.05) is 64.8 Å². The fraction of sp³-hybridized carbons (Fsp3) is 0.429. The number of nitrogens with zero attached hydrogens (tertiary/aromatic N) is 3. The van der Waals surface area contributed by atoms with E-state index in [1.165, 1.54) is 7.11 Å². The fourth-order valence-electron chi connectivity index (χ4n) is 3.12. The Labute approximate surface area is 167 Å². The molecule has 1 aliphatic heterocycles. The number of esters is 1. The second-order valence-corrected chi connectivity index (χ2v) is 6.67. The number of rotatable bonds is 9. The SMILES string of the molecule is C=CCN(CC=C)CCN1CCN(C(=O)Nc2cccc(C(=O)OC)c2)CC1. The summed E-state index contributed by atoms with van der Waals surface area (Å²) < 4.78 is 4.71. The summed E-state index contributed by atoms with van der Waals surface area (Å²) >= 11 is 0. The van der Waals surface area contributed by atoms with Crippen molar-refractivity contribution in [2.45, 2.75) is 0 Å². The Hall–Kier alpha value is -2.64. The zero-order valence-electron chi connectivity index (χ0n) is 16.6. The largest absolute Gasteiger partial charge is 0.465 e. The van der Waals surface area contributed by atoms with Crippen molar-refractivity contribution >= 4 is 17.7 Å². The first-order valence-electron chi connectivity index (χ1n) is 9.48. The molecule has 0 bridgehead atoms. The Morgan fingerprint density at radius 1 is 1.18 bits per heavy atom. The summed E-state index contributed by atoms with van der Waals surface area (Å²) in [6, 6.07) is 6.60. The van der Waals surface area contributed by atoms with Gasteiger partial charge in [-0.15, -0.1) is 13.2 Å². The van der Waals surface area contributed by atoms with Gasteiger partial charge in [-0.05, 0) is 18.2 Å². The Kier molecular flexibility index (Phi) is 8.71. The fourth-order valence-corrected chi connectivity index (χ4v) is 3.12. The molecule has 152 valence electrons. The van der Waals surface area contributed by atoms with Crippen LogP contribution in [0.1, 0.15) is 10.4 Å². The van der Waals surface area contributed by atoms with Gasteiger partial charge in [0.25, 0.3) is 0 Å². The molecule has 1 fully saturated rings. The van der Waals surface area contributed by atoms with Crippen molar-refractivity contribution in [3.8, 4) is 0 Å². The molecule has 1 aromatic carbocycles. The van der Waals surface area contributed by atoms with E-state index in [-0.39, 0.29) is 6.03 Å². The standard InChI is InChI=1S/C21H30N4O3/c1-4-9-23(10-5-2)11-12-24-13-15-25(16-14-24)21(27)22-19-8-6-7-18(17-19)20(26)28-3/h4-8,17H,1-2,9-16H2,3H3,(H,22,27). The number of carbonyl (C=O) groups is 2. The van der Waals surface area contributed by atoms with Crippen LogP contribution in [0.3, 0.4) is 0 Å². The number of methoxy groups -OCH3 is 1. The van der Waals surface area contributed by atoms with Gasteiger partial charge in [-0.1, -0.05) is 18.2 Å². The molecular weight excluding hydrogens is 356 g/mol. The van der Waals surface area contributed by atoms with Crippen molar-refractivity contribution in [3.05, 3.63) is 55.1 Å². The van der Waals surface area contributed by atoms with Crippen LogP contribution in [0, 0.1) is 0 Å². The van der Waals surface area contributed by atoms with E-state index < -0.39 is 5.97 Å². The number of hydrogen-bond acceptors (Lipinski definition) is 5. The average molecular weight is 386 g/mol. The van der Waals surface area contributed by atoms with Gasteiger partial charge in [0.15, 0.2) is 0 Å². The zero-order chi connectivity index (χ0) is 20.4. The Morgan fingerprint density at radius 3 is 2.46 bits per heavy atom. The molecule has 1 saturated heterocycles. The third kappa shape index (κ3) is 6.51. The zero-order valence-corrected chi connectivity index (χ0v) is 16.6. The first-order valence-corrected chi connectivity index (χ1v) is 9.48. The number of urea groups is 1. The molecule has 0 aliphatic carbocycles. The van der Waals surface area contributed by atoms with Gasteiger partial charge in [0.2, 0.25) is 0 Å². The molecule has 1 heterocycles. The highest BCUT2D eigenvalue weighted by Crippen LogP contribution is 2.13. The molecule has 28 heavy (non-hydrogen) atoms. The highest BCUT2D eigenvalue weighted by molar-refractivity contribution is 5.93. The van der Waals surface area contributed by atoms with E-state index in [4.69, 9.17) is 4.74 Å². The number of piperazine rings is 1. The predicted octanol–water partition coefficient (Wildman–Crippen LogP) is 2.30. The lowest BCUT2D eigenvalue weighted by atomic mass is 10.2. The van der Waals surface area contributed by atoms with Crippen LogP contribution in [0.4, 0.5) is 10.5 Å². The lowest BCUT2D eigenvalue weighted by Gasteiger charge is -2.35. The maximum Gasteiger partial charge on any atom is 0.337 e. The van der Waals surface area contributed by atoms with Crippen molar-refractivity contribution in [3.63, 3.8) is 0 Å². The van der Waals surface area contributed by atoms with Gasteiger partial charge in [-0.2, -0.15) is 0 Å². The first-order chi connectivity index (χ1) is 13.6. The molecule has 7 nitrogen and oxygen atoms in total. The summed E-state index contributed by atoms with van der Waals surface area (Å²) in [5, 5.41) is 2.86. The Bertz CT molecular complexity index is 674. The van der Waals surface area contributed by atoms with E-state index in [9.17, 15) is 9.59 Å². The third-order valence-electron chi connectivity index (χ3n) is 4.70. The monoisotopic (exact) mass is 386 g/mol. The van der Waals surface area contributed by atoms with Crippen LogP contribution in [0.5, 0.6) is 0 Å². The minimum absolute atomic E-state index is 0.151. The molecular formula is C21H30N4O3. The summed E-state index contributed by atoms with van der Waals surface area (Å²) in [6.45, 7) is 14.2. The number of ether oxygens (including phenoxy) is 1. The van der Waals surface area contributed by atoms with Gasteiger partial charge in [0.05, 0.1) is 12.7 Å². The van der Waals surface area contributed by atoms with E-state index in [1.807, 2.05) is 12.2 Å². The van der Waals surface area contributed by atoms with Crippen LogP contribution in [-0.4, -0.2) is 86.2 Å². The molecule has 0 aromatic heterocycles. The predicted molar refractivity (Wildman–Crippen MR) is 112 cm³/mol. The molecule has 1 aromatic rings. The van der Waals surface area contributed by atoms with Crippen LogP contribution in [-0.2, 0) is 4.74 Å². The lowest BCUT2D eigenvalue weighted by Crippen LogP contribution is -2.51. The second kappa shape index (κ2) is 11.3. The highest BCUT2D eigenvalue weighted by atomic mass is 16.5. The van der Waals surface area contributed by atoms with Gasteiger partial charge in [-0.3, -0.25) is 9.80 Å². The Balaban J connectivity index is 1.79. The van der Waals surface area contributed by atoms with E-state index in [1.54, 1.807) is 29.2 Å². The van der Waals surface area contributed by atoms with E-state index >= 15 is 0 Å². The topological polar surface area (TPSA) is 65.1 Å². The van der Waals surface area contributed by atoms with Crippen molar-refractivity contribution < 1.29 is 14.3 Å². The minimum Gasteiger partial charge on any atom is -0.465 e. The third-order valence-corrected chi connectivity index (χ3v) is 4.70. The molecule has 1 N–H and O–H groups in total. The van der Waals surface area contributed by atoms with Gasteiger partial charge in [-0.25, -0.2) is 9.59 Å². The maximum atomic E-state index is 12.5. The van der Waals surface area contributed by atoms with Crippen LogP contribution in [0.25, 0.3) is 0 Å². The van der Waals surface area contributed by atoms with Gasteiger partial charge in [0.1, 0.15) is 0 Å². The number of amides is 2. The normalized spacial score (nSPS) is 14.6. The first kappa shape index (κ1) is 21.7. The molecule has 0 saturated carbocycles. The van der Waals surface area contributed by atoms with E-state index in [2.05, 4.69) is 28.3 Å². The quantitative estimate of drug-likeness (QED) is 0.521. The highest BCUT2D eigenvalue weighted by Gasteiger charge is 2.21. The van der Waals surface area contributed by atoms with Crippen LogP contribution in [0.2, 0.25) is 0 Å². The van der Waals surface area contributed by atoms with Gasteiger partial charge >= 0.3 is 12.0 Å². The second-order valence-electron chi connectivity index (χ2n) is 6.67. The average Bonchev–Trinajstić information content (AvgIpc) is 2.72. The molecule has 0 radical (unpaired) electrons. The summed E-state index contributed by atoms with van der Waals surface area (Å²) in [7, 11) is 1.33. The summed E-state index contributed by atoms with van der Waals surface area (Å²) in [5.74, 6) is -0.424.